The topological polar surface area (TPSA) is 110 Å². The summed E-state index contributed by atoms with van der Waals surface area (Å²) in [6.07, 6.45) is 0. The normalized spacial score (nSPS) is 9.80. The molecule has 0 saturated heterocycles. The van der Waals surface area contributed by atoms with Crippen molar-refractivity contribution in [2.24, 2.45) is 0 Å². The van der Waals surface area contributed by atoms with Crippen LogP contribution in [0.1, 0.15) is 0 Å². The van der Waals surface area contributed by atoms with Crippen LogP contribution in [0, 0.1) is 20.2 Å². The molecule has 2 rings (SSSR count). The number of non-ortho nitro benzene ring substituents is 1. The molecule has 0 saturated carbocycles. The van der Waals surface area contributed by atoms with Gasteiger partial charge in [-0.3, -0.25) is 25.7 Å². The number of hydrogen-bond donors (Lipinski definition) is 2. The lowest BCUT2D eigenvalue weighted by Gasteiger charge is -2.09. The zero-order chi connectivity index (χ0) is 14.5. The van der Waals surface area contributed by atoms with E-state index in [1.165, 1.54) is 30.3 Å². The molecule has 0 radical (unpaired) electrons. The third-order valence-electron chi connectivity index (χ3n) is 2.52. The highest BCUT2D eigenvalue weighted by Gasteiger charge is 2.11. The summed E-state index contributed by atoms with van der Waals surface area (Å²) in [5.74, 6) is 0. The van der Waals surface area contributed by atoms with Crippen LogP contribution in [-0.2, 0) is 0 Å². The number of nitro benzene ring substituents is 2. The zero-order valence-electron chi connectivity index (χ0n) is 10.1. The number of nitrogens with one attached hydrogen (secondary N) is 2. The molecule has 0 fully saturated rings. The second-order valence-electron chi connectivity index (χ2n) is 3.83. The molecule has 0 amide bonds. The zero-order valence-corrected chi connectivity index (χ0v) is 10.1. The van der Waals surface area contributed by atoms with Crippen molar-refractivity contribution in [3.05, 3.63) is 68.8 Å². The summed E-state index contributed by atoms with van der Waals surface area (Å²) in [5, 5.41) is 21.3. The van der Waals surface area contributed by atoms with Crippen molar-refractivity contribution in [1.82, 2.24) is 0 Å². The lowest BCUT2D eigenvalue weighted by Crippen LogP contribution is -2.10. The second-order valence-corrected chi connectivity index (χ2v) is 3.83. The Labute approximate surface area is 113 Å². The molecule has 0 aliphatic heterocycles. The van der Waals surface area contributed by atoms with Gasteiger partial charge < -0.3 is 5.43 Å². The monoisotopic (exact) mass is 274 g/mol. The molecule has 8 nitrogen and oxygen atoms in total. The van der Waals surface area contributed by atoms with Gasteiger partial charge in [0.05, 0.1) is 15.5 Å². The number of rotatable bonds is 5. The van der Waals surface area contributed by atoms with Crippen molar-refractivity contribution in [1.29, 1.82) is 0 Å². The number of benzene rings is 2. The molecule has 0 aromatic heterocycles. The van der Waals surface area contributed by atoms with Gasteiger partial charge in [0, 0.05) is 18.2 Å². The van der Waals surface area contributed by atoms with Crippen LogP contribution < -0.4 is 10.9 Å². The summed E-state index contributed by atoms with van der Waals surface area (Å²) in [7, 11) is 0. The van der Waals surface area contributed by atoms with Crippen LogP contribution in [0.5, 0.6) is 0 Å². The van der Waals surface area contributed by atoms with Crippen molar-refractivity contribution in [2.75, 3.05) is 10.9 Å². The minimum Gasteiger partial charge on any atom is -0.301 e. The number of para-hydroxylation sites is 2. The molecule has 0 spiro atoms. The fraction of sp³-hybridized carbons (Fsp3) is 0. The van der Waals surface area contributed by atoms with Gasteiger partial charge in [0.2, 0.25) is 0 Å². The predicted octanol–water partition coefficient (Wildman–Crippen LogP) is 2.94. The van der Waals surface area contributed by atoms with E-state index in [4.69, 9.17) is 0 Å². The second kappa shape index (κ2) is 5.65. The smallest absolute Gasteiger partial charge is 0.294 e. The maximum absolute atomic E-state index is 10.8. The van der Waals surface area contributed by atoms with Crippen LogP contribution in [0.2, 0.25) is 0 Å². The first kappa shape index (κ1) is 13.3. The molecule has 2 N–H and O–H groups in total. The van der Waals surface area contributed by atoms with Gasteiger partial charge in [0.15, 0.2) is 0 Å². The summed E-state index contributed by atoms with van der Waals surface area (Å²) in [5.41, 5.74) is 6.20. The molecular weight excluding hydrogens is 264 g/mol. The molecule has 0 aliphatic carbocycles. The Kier molecular flexibility index (Phi) is 3.75. The van der Waals surface area contributed by atoms with E-state index in [0.29, 0.717) is 11.4 Å². The van der Waals surface area contributed by atoms with Gasteiger partial charge in [0.25, 0.3) is 11.4 Å². The van der Waals surface area contributed by atoms with E-state index in [1.54, 1.807) is 18.2 Å². The first-order chi connectivity index (χ1) is 9.58. The standard InChI is InChI=1S/C12H10N4O4/c17-15(18)10-7-5-9(6-8-10)13-14-11-3-1-2-4-12(11)16(19)20/h1-8,13-14H. The van der Waals surface area contributed by atoms with Gasteiger partial charge in [0.1, 0.15) is 5.69 Å². The van der Waals surface area contributed by atoms with Crippen LogP contribution in [0.3, 0.4) is 0 Å². The highest BCUT2D eigenvalue weighted by molar-refractivity contribution is 5.64. The lowest BCUT2D eigenvalue weighted by atomic mass is 10.3. The summed E-state index contributed by atoms with van der Waals surface area (Å²) in [6.45, 7) is 0. The van der Waals surface area contributed by atoms with Gasteiger partial charge in [-0.25, -0.2) is 0 Å². The first-order valence-corrected chi connectivity index (χ1v) is 5.58. The van der Waals surface area contributed by atoms with Gasteiger partial charge in [-0.05, 0) is 18.2 Å². The fourth-order valence-electron chi connectivity index (χ4n) is 1.54. The van der Waals surface area contributed by atoms with E-state index in [2.05, 4.69) is 10.9 Å². The summed E-state index contributed by atoms with van der Waals surface area (Å²) < 4.78 is 0. The van der Waals surface area contributed by atoms with E-state index < -0.39 is 9.85 Å². The molecule has 20 heavy (non-hydrogen) atoms. The summed E-state index contributed by atoms with van der Waals surface area (Å²) in [4.78, 5) is 20.3. The highest BCUT2D eigenvalue weighted by atomic mass is 16.6. The number of nitrogens with zero attached hydrogens (tertiary/aromatic N) is 2. The van der Waals surface area contributed by atoms with Crippen LogP contribution in [0.25, 0.3) is 0 Å². The minimum absolute atomic E-state index is 0.0266. The van der Waals surface area contributed by atoms with Crippen molar-refractivity contribution in [3.8, 4) is 0 Å². The Morgan fingerprint density at radius 3 is 2.05 bits per heavy atom. The SMILES string of the molecule is O=[N+]([O-])c1ccc(NNc2ccccc2[N+](=O)[O-])cc1. The summed E-state index contributed by atoms with van der Waals surface area (Å²) >= 11 is 0. The largest absolute Gasteiger partial charge is 0.301 e. The van der Waals surface area contributed by atoms with Gasteiger partial charge in [-0.15, -0.1) is 0 Å². The molecule has 8 heteroatoms. The molecule has 0 aliphatic rings. The molecule has 2 aromatic carbocycles. The molecule has 0 heterocycles. The van der Waals surface area contributed by atoms with Crippen LogP contribution in [0.4, 0.5) is 22.7 Å². The number of nitro groups is 2. The molecule has 0 bridgehead atoms. The fourth-order valence-corrected chi connectivity index (χ4v) is 1.54. The quantitative estimate of drug-likeness (QED) is 0.640. The number of anilines is 2. The highest BCUT2D eigenvalue weighted by Crippen LogP contribution is 2.23. The number of hydrogen-bond acceptors (Lipinski definition) is 6. The van der Waals surface area contributed by atoms with Crippen molar-refractivity contribution in [2.45, 2.75) is 0 Å². The lowest BCUT2D eigenvalue weighted by molar-refractivity contribution is -0.384. The van der Waals surface area contributed by atoms with E-state index >= 15 is 0 Å². The maximum atomic E-state index is 10.8. The molecule has 0 unspecified atom stereocenters. The summed E-state index contributed by atoms with van der Waals surface area (Å²) in [6, 6.07) is 11.8. The molecule has 2 aromatic rings. The van der Waals surface area contributed by atoms with Crippen LogP contribution in [-0.4, -0.2) is 9.85 Å². The Bertz CT molecular complexity index is 642. The average Bonchev–Trinajstić information content (AvgIpc) is 2.45. The molecule has 102 valence electrons. The van der Waals surface area contributed by atoms with Crippen molar-refractivity contribution >= 4 is 22.7 Å². The van der Waals surface area contributed by atoms with Crippen molar-refractivity contribution in [3.63, 3.8) is 0 Å². The van der Waals surface area contributed by atoms with Crippen LogP contribution >= 0.6 is 0 Å². The number of hydrazine groups is 1. The predicted molar refractivity (Wildman–Crippen MR) is 73.4 cm³/mol. The van der Waals surface area contributed by atoms with E-state index in [9.17, 15) is 20.2 Å². The van der Waals surface area contributed by atoms with Crippen molar-refractivity contribution < 1.29 is 9.85 Å². The molecular formula is C12H10N4O4. The minimum atomic E-state index is -0.501. The third-order valence-corrected chi connectivity index (χ3v) is 2.52. The Morgan fingerprint density at radius 2 is 1.45 bits per heavy atom. The average molecular weight is 274 g/mol. The van der Waals surface area contributed by atoms with Gasteiger partial charge in [-0.2, -0.15) is 0 Å². The molecule has 0 atom stereocenters. The third kappa shape index (κ3) is 2.99. The van der Waals surface area contributed by atoms with Crippen LogP contribution in [0.15, 0.2) is 48.5 Å². The van der Waals surface area contributed by atoms with E-state index in [0.717, 1.165) is 0 Å². The van der Waals surface area contributed by atoms with Gasteiger partial charge in [-0.1, -0.05) is 12.1 Å². The van der Waals surface area contributed by atoms with E-state index in [1.807, 2.05) is 0 Å². The Hall–Kier alpha value is -3.16. The first-order valence-electron chi connectivity index (χ1n) is 5.58. The Morgan fingerprint density at radius 1 is 0.800 bits per heavy atom. The maximum Gasteiger partial charge on any atom is 0.294 e. The van der Waals surface area contributed by atoms with E-state index in [-0.39, 0.29) is 11.4 Å². The Balaban J connectivity index is 2.09. The van der Waals surface area contributed by atoms with Gasteiger partial charge >= 0.3 is 0 Å².